The van der Waals surface area contributed by atoms with E-state index >= 15 is 0 Å². The van der Waals surface area contributed by atoms with Gasteiger partial charge in [0.2, 0.25) is 5.91 Å². The van der Waals surface area contributed by atoms with Crippen LogP contribution in [0.4, 0.5) is 0 Å². The van der Waals surface area contributed by atoms with E-state index in [-0.39, 0.29) is 11.8 Å². The number of carboxylic acid groups (broad SMARTS) is 1. The maximum atomic E-state index is 12.5. The molecule has 2 saturated carbocycles. The van der Waals surface area contributed by atoms with Gasteiger partial charge in [0.1, 0.15) is 5.54 Å². The first-order chi connectivity index (χ1) is 10.0. The fraction of sp³-hybridized carbons (Fsp3) is 0.882. The summed E-state index contributed by atoms with van der Waals surface area (Å²) in [5.74, 6) is 0.564. The fourth-order valence-corrected chi connectivity index (χ4v) is 4.23. The normalized spacial score (nSPS) is 29.5. The molecular formula is C17H29NO3. The number of amides is 1. The molecule has 0 spiro atoms. The number of fused-ring (bicyclic) bond motifs is 1. The highest BCUT2D eigenvalue weighted by molar-refractivity contribution is 5.88. The van der Waals surface area contributed by atoms with Gasteiger partial charge in [0.15, 0.2) is 0 Å². The van der Waals surface area contributed by atoms with Gasteiger partial charge in [0, 0.05) is 5.92 Å². The van der Waals surface area contributed by atoms with E-state index in [0.29, 0.717) is 18.8 Å². The number of carboxylic acids is 1. The Morgan fingerprint density at radius 2 is 1.67 bits per heavy atom. The molecule has 0 bridgehead atoms. The van der Waals surface area contributed by atoms with Crippen LogP contribution in [-0.4, -0.2) is 22.5 Å². The van der Waals surface area contributed by atoms with E-state index in [1.54, 1.807) is 0 Å². The summed E-state index contributed by atoms with van der Waals surface area (Å²) in [6.07, 6.45) is 9.09. The molecule has 2 fully saturated rings. The van der Waals surface area contributed by atoms with Crippen LogP contribution in [0.1, 0.15) is 71.6 Å². The van der Waals surface area contributed by atoms with E-state index in [1.165, 1.54) is 25.7 Å². The fourth-order valence-electron chi connectivity index (χ4n) is 4.23. The number of hydrogen-bond acceptors (Lipinski definition) is 2. The SMILES string of the molecule is CCC(CC)(NC(=O)C1CCC2CCCCC2C1)C(=O)O. The number of aliphatic carboxylic acids is 1. The van der Waals surface area contributed by atoms with Crippen molar-refractivity contribution in [3.8, 4) is 0 Å². The second kappa shape index (κ2) is 6.80. The molecule has 3 unspecified atom stereocenters. The minimum atomic E-state index is -1.08. The standard InChI is InChI=1S/C17H29NO3/c1-3-17(4-2,16(20)21)18-15(19)14-10-9-12-7-5-6-8-13(12)11-14/h12-14H,3-11H2,1-2H3,(H,18,19)(H,20,21). The van der Waals surface area contributed by atoms with E-state index < -0.39 is 11.5 Å². The predicted molar refractivity (Wildman–Crippen MR) is 81.9 cm³/mol. The Labute approximate surface area is 127 Å². The average Bonchev–Trinajstić information content (AvgIpc) is 2.51. The topological polar surface area (TPSA) is 66.4 Å². The van der Waals surface area contributed by atoms with Gasteiger partial charge in [-0.25, -0.2) is 4.79 Å². The van der Waals surface area contributed by atoms with Crippen molar-refractivity contribution in [3.05, 3.63) is 0 Å². The molecule has 1 amide bonds. The van der Waals surface area contributed by atoms with Crippen molar-refractivity contribution in [1.29, 1.82) is 0 Å². The van der Waals surface area contributed by atoms with Crippen LogP contribution < -0.4 is 5.32 Å². The molecule has 2 aliphatic rings. The highest BCUT2D eigenvalue weighted by atomic mass is 16.4. The van der Waals surface area contributed by atoms with Gasteiger partial charge in [-0.15, -0.1) is 0 Å². The van der Waals surface area contributed by atoms with E-state index in [2.05, 4.69) is 5.32 Å². The molecule has 3 atom stereocenters. The summed E-state index contributed by atoms with van der Waals surface area (Å²) in [6.45, 7) is 3.66. The summed E-state index contributed by atoms with van der Waals surface area (Å²) in [6, 6.07) is 0. The maximum Gasteiger partial charge on any atom is 0.329 e. The monoisotopic (exact) mass is 295 g/mol. The zero-order chi connectivity index (χ0) is 15.5. The first kappa shape index (κ1) is 16.3. The molecule has 2 N–H and O–H groups in total. The van der Waals surface area contributed by atoms with Gasteiger partial charge in [-0.05, 0) is 43.9 Å². The molecule has 0 radical (unpaired) electrons. The highest BCUT2D eigenvalue weighted by Gasteiger charge is 2.40. The largest absolute Gasteiger partial charge is 0.480 e. The van der Waals surface area contributed by atoms with Crippen LogP contribution in [-0.2, 0) is 9.59 Å². The van der Waals surface area contributed by atoms with Gasteiger partial charge < -0.3 is 10.4 Å². The average molecular weight is 295 g/mol. The van der Waals surface area contributed by atoms with Crippen molar-refractivity contribution in [2.24, 2.45) is 17.8 Å². The molecule has 0 aromatic rings. The molecule has 0 aromatic heterocycles. The lowest BCUT2D eigenvalue weighted by Crippen LogP contribution is -2.55. The summed E-state index contributed by atoms with van der Waals surface area (Å²) in [5, 5.41) is 12.3. The van der Waals surface area contributed by atoms with Crippen molar-refractivity contribution in [2.45, 2.75) is 77.2 Å². The van der Waals surface area contributed by atoms with Gasteiger partial charge in [0.05, 0.1) is 0 Å². The Bertz CT molecular complexity index is 389. The Balaban J connectivity index is 1.98. The van der Waals surface area contributed by atoms with Gasteiger partial charge in [-0.1, -0.05) is 39.5 Å². The lowest BCUT2D eigenvalue weighted by Gasteiger charge is -2.40. The molecule has 0 saturated heterocycles. The van der Waals surface area contributed by atoms with Gasteiger partial charge in [-0.2, -0.15) is 0 Å². The minimum Gasteiger partial charge on any atom is -0.480 e. The van der Waals surface area contributed by atoms with Gasteiger partial charge in [-0.3, -0.25) is 4.79 Å². The van der Waals surface area contributed by atoms with Gasteiger partial charge >= 0.3 is 5.97 Å². The summed E-state index contributed by atoms with van der Waals surface area (Å²) < 4.78 is 0. The number of rotatable bonds is 5. The van der Waals surface area contributed by atoms with E-state index in [1.807, 2.05) is 13.8 Å². The Morgan fingerprint density at radius 3 is 2.24 bits per heavy atom. The number of carbonyl (C=O) groups excluding carboxylic acids is 1. The zero-order valence-corrected chi connectivity index (χ0v) is 13.4. The molecule has 0 aliphatic heterocycles. The Morgan fingerprint density at radius 1 is 1.05 bits per heavy atom. The number of nitrogens with one attached hydrogen (secondary N) is 1. The molecule has 21 heavy (non-hydrogen) atoms. The Kier molecular flexibility index (Phi) is 5.28. The van der Waals surface area contributed by atoms with Crippen LogP contribution in [0, 0.1) is 17.8 Å². The lowest BCUT2D eigenvalue weighted by atomic mass is 9.67. The molecule has 4 heteroatoms. The quantitative estimate of drug-likeness (QED) is 0.817. The van der Waals surface area contributed by atoms with Crippen LogP contribution in [0.25, 0.3) is 0 Å². The third-order valence-electron chi connectivity index (χ3n) is 5.89. The predicted octanol–water partition coefficient (Wildman–Crippen LogP) is 3.35. The van der Waals surface area contributed by atoms with Crippen molar-refractivity contribution in [2.75, 3.05) is 0 Å². The molecule has 2 rings (SSSR count). The van der Waals surface area contributed by atoms with Crippen LogP contribution in [0.2, 0.25) is 0 Å². The number of hydrogen-bond donors (Lipinski definition) is 2. The highest BCUT2D eigenvalue weighted by Crippen LogP contribution is 2.42. The first-order valence-corrected chi connectivity index (χ1v) is 8.57. The Hall–Kier alpha value is -1.06. The van der Waals surface area contributed by atoms with Gasteiger partial charge in [0.25, 0.3) is 0 Å². The maximum absolute atomic E-state index is 12.5. The zero-order valence-electron chi connectivity index (χ0n) is 13.4. The van der Waals surface area contributed by atoms with Crippen molar-refractivity contribution < 1.29 is 14.7 Å². The molecule has 0 aromatic carbocycles. The summed E-state index contributed by atoms with van der Waals surface area (Å²) in [4.78, 5) is 24.1. The van der Waals surface area contributed by atoms with Crippen LogP contribution in [0.3, 0.4) is 0 Å². The first-order valence-electron chi connectivity index (χ1n) is 8.57. The van der Waals surface area contributed by atoms with Crippen LogP contribution in [0.15, 0.2) is 0 Å². The summed E-state index contributed by atoms with van der Waals surface area (Å²) >= 11 is 0. The lowest BCUT2D eigenvalue weighted by molar-refractivity contribution is -0.149. The smallest absolute Gasteiger partial charge is 0.329 e. The third kappa shape index (κ3) is 3.41. The molecular weight excluding hydrogens is 266 g/mol. The molecule has 2 aliphatic carbocycles. The second-order valence-corrected chi connectivity index (χ2v) is 6.90. The van der Waals surface area contributed by atoms with E-state index in [0.717, 1.165) is 25.2 Å². The van der Waals surface area contributed by atoms with Crippen LogP contribution in [0.5, 0.6) is 0 Å². The second-order valence-electron chi connectivity index (χ2n) is 6.90. The van der Waals surface area contributed by atoms with Crippen molar-refractivity contribution in [3.63, 3.8) is 0 Å². The summed E-state index contributed by atoms with van der Waals surface area (Å²) in [7, 11) is 0. The number of carbonyl (C=O) groups is 2. The molecule has 4 nitrogen and oxygen atoms in total. The van der Waals surface area contributed by atoms with E-state index in [4.69, 9.17) is 0 Å². The minimum absolute atomic E-state index is 0.0150. The molecule has 120 valence electrons. The van der Waals surface area contributed by atoms with Crippen LogP contribution >= 0.6 is 0 Å². The van der Waals surface area contributed by atoms with Crippen molar-refractivity contribution >= 4 is 11.9 Å². The van der Waals surface area contributed by atoms with Crippen molar-refractivity contribution in [1.82, 2.24) is 5.32 Å². The third-order valence-corrected chi connectivity index (χ3v) is 5.89. The summed E-state index contributed by atoms with van der Waals surface area (Å²) in [5.41, 5.74) is -1.08. The molecule has 0 heterocycles. The van der Waals surface area contributed by atoms with E-state index in [9.17, 15) is 14.7 Å².